The predicted molar refractivity (Wildman–Crippen MR) is 128 cm³/mol. The highest BCUT2D eigenvalue weighted by Gasteiger charge is 2.41. The number of ether oxygens (including phenoxy) is 1. The monoisotopic (exact) mass is 426 g/mol. The number of aromatic nitrogens is 1. The first-order valence-electron chi connectivity index (χ1n) is 10.7. The Bertz CT molecular complexity index is 979. The number of hydrogen-bond donors (Lipinski definition) is 1. The summed E-state index contributed by atoms with van der Waals surface area (Å²) < 4.78 is 6.65. The third kappa shape index (κ3) is 4.04. The molecule has 1 unspecified atom stereocenters. The number of pyridine rings is 1. The molecule has 2 aromatic rings. The van der Waals surface area contributed by atoms with Gasteiger partial charge in [0, 0.05) is 17.8 Å². The van der Waals surface area contributed by atoms with Gasteiger partial charge in [0.1, 0.15) is 22.3 Å². The number of phenols is 1. The number of rotatable bonds is 4. The second kappa shape index (κ2) is 8.18. The van der Waals surface area contributed by atoms with E-state index >= 15 is 0 Å². The Hall–Kier alpha value is -2.14. The highest BCUT2D eigenvalue weighted by atomic mass is 32.1. The molecule has 0 bridgehead atoms. The number of aryl methyl sites for hydroxylation is 2. The van der Waals surface area contributed by atoms with Crippen molar-refractivity contribution in [1.29, 1.82) is 0 Å². The van der Waals surface area contributed by atoms with Crippen molar-refractivity contribution in [3.05, 3.63) is 45.6 Å². The first-order chi connectivity index (χ1) is 13.9. The lowest BCUT2D eigenvalue weighted by molar-refractivity contribution is 0.132. The molecule has 0 spiro atoms. The molecule has 162 valence electrons. The maximum Gasteiger partial charge on any atom is 0.157 e. The standard InChI is InChI=1S/C25H34N2O2S/c1-14(2)13-27(21-12-15(3)11-16(4)26-21)24(30)25(8)10-9-20-19(7)22(28)17(5)18(6)23(20)29-25/h11-12,14,28H,9-10,13H2,1-8H3. The van der Waals surface area contributed by atoms with Crippen LogP contribution >= 0.6 is 12.2 Å². The zero-order valence-corrected chi connectivity index (χ0v) is 20.3. The van der Waals surface area contributed by atoms with Gasteiger partial charge < -0.3 is 14.7 Å². The summed E-state index contributed by atoms with van der Waals surface area (Å²) in [7, 11) is 0. The van der Waals surface area contributed by atoms with Crippen molar-refractivity contribution in [2.75, 3.05) is 11.4 Å². The minimum Gasteiger partial charge on any atom is -0.507 e. The van der Waals surface area contributed by atoms with Gasteiger partial charge in [0.15, 0.2) is 5.60 Å². The van der Waals surface area contributed by atoms with Crippen molar-refractivity contribution in [3.63, 3.8) is 0 Å². The first kappa shape index (κ1) is 22.5. The van der Waals surface area contributed by atoms with Crippen LogP contribution in [0.4, 0.5) is 5.82 Å². The zero-order valence-electron chi connectivity index (χ0n) is 19.5. The summed E-state index contributed by atoms with van der Waals surface area (Å²) in [6, 6.07) is 4.18. The van der Waals surface area contributed by atoms with Crippen LogP contribution in [0.2, 0.25) is 0 Å². The quantitative estimate of drug-likeness (QED) is 0.617. The number of aromatic hydroxyl groups is 1. The first-order valence-corrected chi connectivity index (χ1v) is 11.1. The van der Waals surface area contributed by atoms with Crippen LogP contribution in [-0.2, 0) is 6.42 Å². The molecule has 0 saturated carbocycles. The van der Waals surface area contributed by atoms with E-state index in [1.807, 2.05) is 27.7 Å². The second-order valence-electron chi connectivity index (χ2n) is 9.32. The van der Waals surface area contributed by atoms with E-state index in [-0.39, 0.29) is 0 Å². The van der Waals surface area contributed by atoms with E-state index in [2.05, 4.69) is 44.7 Å². The number of fused-ring (bicyclic) bond motifs is 1. The largest absolute Gasteiger partial charge is 0.507 e. The lowest BCUT2D eigenvalue weighted by atomic mass is 9.86. The summed E-state index contributed by atoms with van der Waals surface area (Å²) in [6.45, 7) is 17.3. The van der Waals surface area contributed by atoms with Crippen LogP contribution in [0.25, 0.3) is 0 Å². The summed E-state index contributed by atoms with van der Waals surface area (Å²) in [5, 5.41) is 10.5. The highest BCUT2D eigenvalue weighted by molar-refractivity contribution is 7.80. The molecule has 0 aliphatic carbocycles. The van der Waals surface area contributed by atoms with E-state index < -0.39 is 5.60 Å². The molecular weight excluding hydrogens is 392 g/mol. The normalized spacial score (nSPS) is 18.2. The van der Waals surface area contributed by atoms with Crippen molar-refractivity contribution >= 4 is 23.0 Å². The van der Waals surface area contributed by atoms with Crippen LogP contribution < -0.4 is 9.64 Å². The van der Waals surface area contributed by atoms with Crippen molar-refractivity contribution in [2.24, 2.45) is 5.92 Å². The molecule has 1 aromatic heterocycles. The molecular formula is C25H34N2O2S. The van der Waals surface area contributed by atoms with Crippen LogP contribution in [0.5, 0.6) is 11.5 Å². The summed E-state index contributed by atoms with van der Waals surface area (Å²) in [6.07, 6.45) is 1.59. The van der Waals surface area contributed by atoms with Crippen LogP contribution in [0.1, 0.15) is 60.7 Å². The fraction of sp³-hybridized carbons (Fsp3) is 0.520. The van der Waals surface area contributed by atoms with E-state index in [1.54, 1.807) is 0 Å². The fourth-order valence-corrected chi connectivity index (χ4v) is 4.60. The Morgan fingerprint density at radius 2 is 1.83 bits per heavy atom. The Morgan fingerprint density at radius 1 is 1.17 bits per heavy atom. The third-order valence-electron chi connectivity index (χ3n) is 6.13. The van der Waals surface area contributed by atoms with Gasteiger partial charge in [-0.3, -0.25) is 0 Å². The van der Waals surface area contributed by atoms with Gasteiger partial charge in [-0.1, -0.05) is 26.1 Å². The molecule has 0 fully saturated rings. The lowest BCUT2D eigenvalue weighted by Crippen LogP contribution is -2.53. The Labute approximate surface area is 186 Å². The molecule has 0 saturated heterocycles. The molecule has 1 aliphatic heterocycles. The predicted octanol–water partition coefficient (Wildman–Crippen LogP) is 5.90. The molecule has 1 atom stereocenters. The van der Waals surface area contributed by atoms with Crippen molar-refractivity contribution in [1.82, 2.24) is 4.98 Å². The summed E-state index contributed by atoms with van der Waals surface area (Å²) in [4.78, 5) is 7.71. The van der Waals surface area contributed by atoms with E-state index in [0.29, 0.717) is 11.7 Å². The summed E-state index contributed by atoms with van der Waals surface area (Å²) in [5.41, 5.74) is 5.41. The van der Waals surface area contributed by atoms with Gasteiger partial charge in [-0.05, 0) is 94.7 Å². The molecule has 0 radical (unpaired) electrons. The maximum absolute atomic E-state index is 10.5. The van der Waals surface area contributed by atoms with Gasteiger partial charge in [0.25, 0.3) is 0 Å². The van der Waals surface area contributed by atoms with Crippen LogP contribution in [0.15, 0.2) is 12.1 Å². The molecule has 1 N–H and O–H groups in total. The SMILES string of the molecule is Cc1cc(C)nc(N(CC(C)C)C(=S)C2(C)CCc3c(C)c(O)c(C)c(C)c3O2)c1. The molecule has 5 heteroatoms. The Morgan fingerprint density at radius 3 is 2.43 bits per heavy atom. The topological polar surface area (TPSA) is 45.6 Å². The minimum atomic E-state index is -0.614. The number of nitrogens with zero attached hydrogens (tertiary/aromatic N) is 2. The molecule has 0 amide bonds. The second-order valence-corrected chi connectivity index (χ2v) is 9.70. The van der Waals surface area contributed by atoms with E-state index in [1.165, 1.54) is 5.56 Å². The average molecular weight is 427 g/mol. The number of thiocarbonyl (C=S) groups is 1. The van der Waals surface area contributed by atoms with Crippen molar-refractivity contribution in [2.45, 2.75) is 73.8 Å². The van der Waals surface area contributed by atoms with Crippen LogP contribution in [-0.4, -0.2) is 27.2 Å². The molecule has 2 heterocycles. The smallest absolute Gasteiger partial charge is 0.157 e. The van der Waals surface area contributed by atoms with Gasteiger partial charge in [-0.15, -0.1) is 0 Å². The highest BCUT2D eigenvalue weighted by Crippen LogP contribution is 2.44. The molecule has 1 aliphatic rings. The number of hydrogen-bond acceptors (Lipinski definition) is 4. The minimum absolute atomic E-state index is 0.377. The molecule has 30 heavy (non-hydrogen) atoms. The molecule has 4 nitrogen and oxygen atoms in total. The van der Waals surface area contributed by atoms with E-state index in [9.17, 15) is 5.11 Å². The number of phenolic OH excluding ortho intramolecular Hbond substituents is 1. The van der Waals surface area contributed by atoms with E-state index in [4.69, 9.17) is 21.9 Å². The number of benzene rings is 1. The third-order valence-corrected chi connectivity index (χ3v) is 6.78. The average Bonchev–Trinajstić information content (AvgIpc) is 2.67. The zero-order chi connectivity index (χ0) is 22.4. The van der Waals surface area contributed by atoms with Gasteiger partial charge in [-0.2, -0.15) is 0 Å². The molecule has 1 aromatic carbocycles. The summed E-state index contributed by atoms with van der Waals surface area (Å²) >= 11 is 6.07. The van der Waals surface area contributed by atoms with Crippen molar-refractivity contribution < 1.29 is 9.84 Å². The molecule has 3 rings (SSSR count). The fourth-order valence-electron chi connectivity index (χ4n) is 4.29. The number of anilines is 1. The van der Waals surface area contributed by atoms with Crippen LogP contribution in [0.3, 0.4) is 0 Å². The van der Waals surface area contributed by atoms with Gasteiger partial charge in [0.2, 0.25) is 0 Å². The van der Waals surface area contributed by atoms with Gasteiger partial charge >= 0.3 is 0 Å². The Kier molecular flexibility index (Phi) is 6.15. The van der Waals surface area contributed by atoms with Gasteiger partial charge in [-0.25, -0.2) is 4.98 Å². The van der Waals surface area contributed by atoms with E-state index in [0.717, 1.165) is 63.9 Å². The maximum atomic E-state index is 10.5. The lowest BCUT2D eigenvalue weighted by Gasteiger charge is -2.42. The van der Waals surface area contributed by atoms with Gasteiger partial charge in [0.05, 0.1) is 0 Å². The Balaban J connectivity index is 2.04. The van der Waals surface area contributed by atoms with Crippen LogP contribution in [0, 0.1) is 40.5 Å². The van der Waals surface area contributed by atoms with Crippen molar-refractivity contribution in [3.8, 4) is 11.5 Å². The summed E-state index contributed by atoms with van der Waals surface area (Å²) in [5.74, 6) is 2.56.